The minimum absolute atomic E-state index is 0.252. The topological polar surface area (TPSA) is 87.6 Å². The Hall–Kier alpha value is -2.68. The normalized spacial score (nSPS) is 15.7. The number of rotatable bonds is 10. The van der Waals surface area contributed by atoms with Crippen molar-refractivity contribution in [1.82, 2.24) is 20.3 Å². The first-order chi connectivity index (χ1) is 17.0. The van der Waals surface area contributed by atoms with E-state index in [-0.39, 0.29) is 5.91 Å². The highest BCUT2D eigenvalue weighted by Crippen LogP contribution is 2.38. The van der Waals surface area contributed by atoms with Gasteiger partial charge in [0.25, 0.3) is 0 Å². The van der Waals surface area contributed by atoms with Crippen LogP contribution in [0.1, 0.15) is 36.8 Å². The van der Waals surface area contributed by atoms with Crippen LogP contribution < -0.4 is 10.2 Å². The summed E-state index contributed by atoms with van der Waals surface area (Å²) in [5, 5.41) is 11.6. The Balaban J connectivity index is 1.36. The highest BCUT2D eigenvalue weighted by Gasteiger charge is 2.40. The second kappa shape index (κ2) is 11.8. The van der Waals surface area contributed by atoms with Gasteiger partial charge in [-0.1, -0.05) is 6.07 Å². The number of likely N-dealkylation sites (tertiary alicyclic amines) is 1. The van der Waals surface area contributed by atoms with Crippen molar-refractivity contribution in [2.75, 3.05) is 32.5 Å². The predicted molar refractivity (Wildman–Crippen MR) is 139 cm³/mol. The number of pyridine rings is 2. The number of fused-ring (bicyclic) bond motifs is 1. The van der Waals surface area contributed by atoms with Gasteiger partial charge in [-0.15, -0.1) is 11.8 Å². The second-order valence-electron chi connectivity index (χ2n) is 9.24. The van der Waals surface area contributed by atoms with Gasteiger partial charge in [0.05, 0.1) is 23.1 Å². The molecule has 3 heterocycles. The van der Waals surface area contributed by atoms with Crippen LogP contribution in [0.4, 0.5) is 0 Å². The SMILES string of the molecule is COc1ccc2ncc(C)c(CCCC3(C(=O)NO)CCN(CCSc4ccccn4)CC3)c2c1. The summed E-state index contributed by atoms with van der Waals surface area (Å²) in [7, 11) is 1.67. The Morgan fingerprint density at radius 3 is 2.77 bits per heavy atom. The van der Waals surface area contributed by atoms with Gasteiger partial charge in [0, 0.05) is 30.1 Å². The van der Waals surface area contributed by atoms with Crippen molar-refractivity contribution in [2.45, 2.75) is 44.1 Å². The predicted octanol–water partition coefficient (Wildman–Crippen LogP) is 4.65. The van der Waals surface area contributed by atoms with E-state index in [1.54, 1.807) is 18.9 Å². The molecule has 1 aliphatic rings. The van der Waals surface area contributed by atoms with E-state index in [0.29, 0.717) is 0 Å². The summed E-state index contributed by atoms with van der Waals surface area (Å²) in [6.07, 6.45) is 7.68. The minimum atomic E-state index is -0.534. The van der Waals surface area contributed by atoms with Gasteiger partial charge >= 0.3 is 0 Å². The van der Waals surface area contributed by atoms with Crippen molar-refractivity contribution in [3.8, 4) is 5.75 Å². The van der Waals surface area contributed by atoms with E-state index in [2.05, 4.69) is 21.8 Å². The Bertz CT molecular complexity index is 1130. The van der Waals surface area contributed by atoms with E-state index in [4.69, 9.17) is 4.74 Å². The van der Waals surface area contributed by atoms with Gasteiger partial charge in [-0.2, -0.15) is 0 Å². The maximum absolute atomic E-state index is 12.8. The van der Waals surface area contributed by atoms with Gasteiger partial charge < -0.3 is 9.64 Å². The zero-order valence-electron chi connectivity index (χ0n) is 20.5. The maximum Gasteiger partial charge on any atom is 0.249 e. The Morgan fingerprint density at radius 1 is 1.23 bits per heavy atom. The summed E-state index contributed by atoms with van der Waals surface area (Å²) in [4.78, 5) is 24.1. The number of aromatic nitrogens is 2. The fourth-order valence-corrected chi connectivity index (χ4v) is 5.88. The molecule has 0 radical (unpaired) electrons. The van der Waals surface area contributed by atoms with Crippen molar-refractivity contribution in [2.24, 2.45) is 5.41 Å². The van der Waals surface area contributed by atoms with Crippen LogP contribution in [-0.2, 0) is 11.2 Å². The highest BCUT2D eigenvalue weighted by atomic mass is 32.2. The van der Waals surface area contributed by atoms with Crippen molar-refractivity contribution in [3.05, 3.63) is 59.9 Å². The maximum atomic E-state index is 12.8. The Kier molecular flexibility index (Phi) is 8.59. The fourth-order valence-electron chi connectivity index (χ4n) is 5.01. The molecule has 2 N–H and O–H groups in total. The monoisotopic (exact) mass is 494 g/mol. The van der Waals surface area contributed by atoms with E-state index in [1.807, 2.05) is 54.3 Å². The number of thioether (sulfide) groups is 1. The summed E-state index contributed by atoms with van der Waals surface area (Å²) in [5.74, 6) is 1.53. The summed E-state index contributed by atoms with van der Waals surface area (Å²) < 4.78 is 5.42. The molecular formula is C27H34N4O3S. The lowest BCUT2D eigenvalue weighted by Gasteiger charge is -2.40. The number of aryl methyl sites for hydroxylation is 2. The summed E-state index contributed by atoms with van der Waals surface area (Å²) in [5.41, 5.74) is 4.77. The van der Waals surface area contributed by atoms with Crippen molar-refractivity contribution in [3.63, 3.8) is 0 Å². The molecule has 4 rings (SSSR count). The molecule has 0 bridgehead atoms. The average Bonchev–Trinajstić information content (AvgIpc) is 2.90. The number of piperidine rings is 1. The van der Waals surface area contributed by atoms with Crippen LogP contribution in [0.25, 0.3) is 10.9 Å². The number of carbonyl (C=O) groups is 1. The number of benzene rings is 1. The van der Waals surface area contributed by atoms with Crippen LogP contribution in [0.5, 0.6) is 5.75 Å². The number of carbonyl (C=O) groups excluding carboxylic acids is 1. The quantitative estimate of drug-likeness (QED) is 0.241. The van der Waals surface area contributed by atoms with Crippen molar-refractivity contribution >= 4 is 28.6 Å². The van der Waals surface area contributed by atoms with E-state index < -0.39 is 5.41 Å². The number of ether oxygens (including phenoxy) is 1. The third-order valence-electron chi connectivity index (χ3n) is 7.18. The number of hydrogen-bond donors (Lipinski definition) is 2. The average molecular weight is 495 g/mol. The highest BCUT2D eigenvalue weighted by molar-refractivity contribution is 7.99. The van der Waals surface area contributed by atoms with Gasteiger partial charge in [-0.3, -0.25) is 15.0 Å². The first-order valence-corrected chi connectivity index (χ1v) is 13.2. The third-order valence-corrected chi connectivity index (χ3v) is 8.10. The molecule has 0 aliphatic carbocycles. The number of nitrogens with one attached hydrogen (secondary N) is 1. The van der Waals surface area contributed by atoms with Crippen molar-refractivity contribution < 1.29 is 14.7 Å². The van der Waals surface area contributed by atoms with Gasteiger partial charge in [0.1, 0.15) is 5.75 Å². The molecule has 0 saturated carbocycles. The zero-order valence-corrected chi connectivity index (χ0v) is 21.3. The first kappa shape index (κ1) is 25.4. The lowest BCUT2D eigenvalue weighted by Crippen LogP contribution is -2.48. The van der Waals surface area contributed by atoms with Crippen LogP contribution in [0.15, 0.2) is 53.8 Å². The van der Waals surface area contributed by atoms with Crippen molar-refractivity contribution in [1.29, 1.82) is 0 Å². The van der Waals surface area contributed by atoms with E-state index in [9.17, 15) is 10.0 Å². The molecule has 1 saturated heterocycles. The Labute approximate surface area is 211 Å². The molecule has 1 aromatic carbocycles. The molecule has 0 atom stereocenters. The molecule has 3 aromatic rings. The molecule has 0 spiro atoms. The molecule has 1 aliphatic heterocycles. The lowest BCUT2D eigenvalue weighted by molar-refractivity contribution is -0.143. The molecule has 7 nitrogen and oxygen atoms in total. The summed E-state index contributed by atoms with van der Waals surface area (Å²) >= 11 is 1.75. The molecule has 1 fully saturated rings. The van der Waals surface area contributed by atoms with Crippen LogP contribution >= 0.6 is 11.8 Å². The number of nitrogens with zero attached hydrogens (tertiary/aromatic N) is 3. The molecule has 0 unspecified atom stereocenters. The van der Waals surface area contributed by atoms with Gasteiger partial charge in [0.2, 0.25) is 5.91 Å². The Morgan fingerprint density at radius 2 is 2.06 bits per heavy atom. The number of amides is 1. The van der Waals surface area contributed by atoms with Gasteiger partial charge in [-0.25, -0.2) is 10.5 Å². The van der Waals surface area contributed by atoms with Crippen LogP contribution in [0.2, 0.25) is 0 Å². The van der Waals surface area contributed by atoms with E-state index in [1.165, 1.54) is 5.56 Å². The minimum Gasteiger partial charge on any atom is -0.497 e. The fraction of sp³-hybridized carbons (Fsp3) is 0.444. The van der Waals surface area contributed by atoms with Crippen LogP contribution in [0, 0.1) is 12.3 Å². The van der Waals surface area contributed by atoms with Crippen LogP contribution in [-0.4, -0.2) is 58.5 Å². The summed E-state index contributed by atoms with van der Waals surface area (Å²) in [6.45, 7) is 4.75. The van der Waals surface area contributed by atoms with Gasteiger partial charge in [0.15, 0.2) is 0 Å². The molecule has 186 valence electrons. The molecule has 8 heteroatoms. The largest absolute Gasteiger partial charge is 0.497 e. The standard InChI is InChI=1S/C27H34N4O3S/c1-20-19-29-24-9-8-21(34-2)18-23(24)22(20)6-5-10-27(26(32)30-33)11-14-31(15-12-27)16-17-35-25-7-3-4-13-28-25/h3-4,7-9,13,18-19,33H,5-6,10-12,14-17H2,1-2H3,(H,30,32). The van der Waals surface area contributed by atoms with E-state index >= 15 is 0 Å². The number of hydrogen-bond acceptors (Lipinski definition) is 7. The smallest absolute Gasteiger partial charge is 0.249 e. The number of hydroxylamine groups is 1. The van der Waals surface area contributed by atoms with E-state index in [0.717, 1.165) is 84.7 Å². The molecule has 1 amide bonds. The summed E-state index contributed by atoms with van der Waals surface area (Å²) in [6, 6.07) is 11.9. The first-order valence-electron chi connectivity index (χ1n) is 12.2. The zero-order chi connectivity index (χ0) is 24.7. The number of methoxy groups -OCH3 is 1. The second-order valence-corrected chi connectivity index (χ2v) is 10.4. The molecule has 2 aromatic heterocycles. The molecular weight excluding hydrogens is 460 g/mol. The molecule has 35 heavy (non-hydrogen) atoms. The third kappa shape index (κ3) is 6.12. The van der Waals surface area contributed by atoms with Gasteiger partial charge in [-0.05, 0) is 93.6 Å². The van der Waals surface area contributed by atoms with Crippen LogP contribution in [0.3, 0.4) is 0 Å². The lowest BCUT2D eigenvalue weighted by atomic mass is 9.73.